The molecular weight excluding hydrogens is 463 g/mol. The van der Waals surface area contributed by atoms with Crippen LogP contribution in [0.3, 0.4) is 0 Å². The van der Waals surface area contributed by atoms with Gasteiger partial charge in [-0.1, -0.05) is 121 Å². The molecule has 0 unspecified atom stereocenters. The van der Waals surface area contributed by atoms with Crippen LogP contribution in [0, 0.1) is 0 Å². The average Bonchev–Trinajstić information content (AvgIpc) is 3.42. The Morgan fingerprint density at radius 1 is 0.486 bits per heavy atom. The van der Waals surface area contributed by atoms with Crippen molar-refractivity contribution in [2.75, 3.05) is 21.3 Å². The molecule has 2 atom stereocenters. The Morgan fingerprint density at radius 2 is 0.757 bits per heavy atom. The molecule has 1 aliphatic heterocycles. The molecule has 0 spiro atoms. The first-order valence-electron chi connectivity index (χ1n) is 12.4. The smallest absolute Gasteiger partial charge is 0.389 e. The third-order valence-electron chi connectivity index (χ3n) is 7.24. The van der Waals surface area contributed by atoms with Crippen LogP contribution in [0.2, 0.25) is 0 Å². The maximum Gasteiger partial charge on any atom is 0.640 e. The van der Waals surface area contributed by atoms with Gasteiger partial charge in [-0.05, 0) is 22.3 Å². The van der Waals surface area contributed by atoms with Gasteiger partial charge in [0.1, 0.15) is 23.4 Å². The summed E-state index contributed by atoms with van der Waals surface area (Å²) in [5.41, 5.74) is 1.67. The first-order valence-corrected chi connectivity index (χ1v) is 12.4. The molecule has 0 aromatic heterocycles. The van der Waals surface area contributed by atoms with Crippen molar-refractivity contribution in [1.29, 1.82) is 0 Å². The fourth-order valence-corrected chi connectivity index (χ4v) is 5.58. The minimum atomic E-state index is -1.03. The van der Waals surface area contributed by atoms with E-state index < -0.39 is 30.7 Å². The van der Waals surface area contributed by atoms with Crippen LogP contribution in [0.5, 0.6) is 0 Å². The molecule has 1 heterocycles. The van der Waals surface area contributed by atoms with Gasteiger partial charge in [0, 0.05) is 21.3 Å². The summed E-state index contributed by atoms with van der Waals surface area (Å²) < 4.78 is 31.8. The zero-order valence-corrected chi connectivity index (χ0v) is 21.3. The molecule has 0 saturated carbocycles. The molecule has 1 saturated heterocycles. The van der Waals surface area contributed by atoms with Gasteiger partial charge in [-0.2, -0.15) is 0 Å². The predicted molar refractivity (Wildman–Crippen MR) is 144 cm³/mol. The van der Waals surface area contributed by atoms with Gasteiger partial charge in [-0.3, -0.25) is 0 Å². The summed E-state index contributed by atoms with van der Waals surface area (Å²) in [6.45, 7) is 0. The van der Waals surface area contributed by atoms with Crippen molar-refractivity contribution in [3.63, 3.8) is 0 Å². The summed E-state index contributed by atoms with van der Waals surface area (Å²) in [5, 5.41) is 0. The second-order valence-electron chi connectivity index (χ2n) is 8.98. The van der Waals surface area contributed by atoms with Gasteiger partial charge in [0.05, 0.1) is 0 Å². The molecule has 5 rings (SSSR count). The molecule has 1 fully saturated rings. The number of benzene rings is 4. The van der Waals surface area contributed by atoms with E-state index in [1.54, 1.807) is 21.3 Å². The van der Waals surface area contributed by atoms with E-state index in [1.165, 1.54) is 0 Å². The Labute approximate surface area is 219 Å². The topological polar surface area (TPSA) is 46.2 Å². The highest BCUT2D eigenvalue weighted by Gasteiger charge is 2.62. The molecule has 0 bridgehead atoms. The van der Waals surface area contributed by atoms with Gasteiger partial charge in [-0.25, -0.2) is 0 Å². The zero-order valence-electron chi connectivity index (χ0n) is 21.3. The van der Waals surface area contributed by atoms with E-state index >= 15 is 0 Å². The Kier molecular flexibility index (Phi) is 7.56. The zero-order chi connectivity index (χ0) is 25.7. The third-order valence-corrected chi connectivity index (χ3v) is 7.24. The maximum absolute atomic E-state index is 6.59. The lowest BCUT2D eigenvalue weighted by atomic mass is 9.71. The Morgan fingerprint density at radius 3 is 0.973 bits per heavy atom. The van der Waals surface area contributed by atoms with Crippen molar-refractivity contribution in [2.24, 2.45) is 0 Å². The van der Waals surface area contributed by atoms with Crippen molar-refractivity contribution < 1.29 is 23.4 Å². The molecule has 1 aliphatic rings. The molecule has 6 heteroatoms. The molecule has 4 aromatic carbocycles. The summed E-state index contributed by atoms with van der Waals surface area (Å²) in [6, 6.07) is 40.4. The van der Waals surface area contributed by atoms with Gasteiger partial charge in [-0.15, -0.1) is 0 Å². The predicted octanol–water partition coefficient (Wildman–Crippen LogP) is 5.58. The first-order chi connectivity index (χ1) is 18.2. The van der Waals surface area contributed by atoms with Gasteiger partial charge >= 0.3 is 7.32 Å². The molecule has 5 nitrogen and oxygen atoms in total. The van der Waals surface area contributed by atoms with E-state index in [0.717, 1.165) is 22.3 Å². The average molecular weight is 494 g/mol. The Bertz CT molecular complexity index is 1080. The fraction of sp³-hybridized carbons (Fsp3) is 0.226. The summed E-state index contributed by atoms with van der Waals surface area (Å²) in [6.07, 6.45) is -1.32. The fourth-order valence-electron chi connectivity index (χ4n) is 5.58. The summed E-state index contributed by atoms with van der Waals surface area (Å²) in [7, 11) is 4.07. The van der Waals surface area contributed by atoms with Crippen LogP contribution in [0.15, 0.2) is 121 Å². The summed E-state index contributed by atoms with van der Waals surface area (Å²) in [5.74, 6) is 0. The summed E-state index contributed by atoms with van der Waals surface area (Å²) in [4.78, 5) is 0. The first kappa shape index (κ1) is 25.4. The standard InChI is InChI=1S/C31H31BO5/c1-33-30(24-16-8-4-9-17-24,25-18-10-5-11-19-25)28-29(37-32(35-3)36-28)31(34-2,26-20-12-6-13-21-26)27-22-14-7-15-23-27/h4-23,28-29H,1-3H3/t28-,29-/m1/s1. The van der Waals surface area contributed by atoms with Crippen LogP contribution in [-0.2, 0) is 34.6 Å². The van der Waals surface area contributed by atoms with E-state index in [1.807, 2.05) is 72.8 Å². The molecule has 188 valence electrons. The van der Waals surface area contributed by atoms with Crippen molar-refractivity contribution in [1.82, 2.24) is 0 Å². The minimum absolute atomic E-state index is 0.660. The molecule has 0 aliphatic carbocycles. The van der Waals surface area contributed by atoms with E-state index in [0.29, 0.717) is 0 Å². The highest BCUT2D eigenvalue weighted by molar-refractivity contribution is 6.37. The van der Waals surface area contributed by atoms with Gasteiger partial charge in [0.15, 0.2) is 0 Å². The normalized spacial score (nSPS) is 18.2. The molecule has 0 radical (unpaired) electrons. The number of methoxy groups -OCH3 is 2. The Hall–Kier alpha value is -3.26. The number of hydrogen-bond acceptors (Lipinski definition) is 5. The van der Waals surface area contributed by atoms with Crippen LogP contribution in [0.4, 0.5) is 0 Å². The second kappa shape index (κ2) is 11.0. The van der Waals surface area contributed by atoms with E-state index in [9.17, 15) is 0 Å². The van der Waals surface area contributed by atoms with Crippen LogP contribution in [0.25, 0.3) is 0 Å². The van der Waals surface area contributed by atoms with Gasteiger partial charge < -0.3 is 23.4 Å². The van der Waals surface area contributed by atoms with Crippen LogP contribution in [-0.4, -0.2) is 40.9 Å². The quantitative estimate of drug-likeness (QED) is 0.284. The van der Waals surface area contributed by atoms with Crippen LogP contribution >= 0.6 is 0 Å². The largest absolute Gasteiger partial charge is 0.640 e. The molecule has 0 amide bonds. The maximum atomic E-state index is 6.59. The van der Waals surface area contributed by atoms with Crippen molar-refractivity contribution in [2.45, 2.75) is 23.4 Å². The SMILES string of the molecule is COB1O[C@@H](C(OC)(c2ccccc2)c2ccccc2)[C@H](C(OC)(c2ccccc2)c2ccccc2)O1. The van der Waals surface area contributed by atoms with Gasteiger partial charge in [0.25, 0.3) is 0 Å². The van der Waals surface area contributed by atoms with Crippen LogP contribution < -0.4 is 0 Å². The summed E-state index contributed by atoms with van der Waals surface area (Å²) >= 11 is 0. The highest BCUT2D eigenvalue weighted by Crippen LogP contribution is 2.50. The van der Waals surface area contributed by atoms with E-state index in [4.69, 9.17) is 23.4 Å². The Balaban J connectivity index is 1.80. The van der Waals surface area contributed by atoms with Crippen LogP contribution in [0.1, 0.15) is 22.3 Å². The minimum Gasteiger partial charge on any atom is -0.389 e. The van der Waals surface area contributed by atoms with Gasteiger partial charge in [0.2, 0.25) is 0 Å². The van der Waals surface area contributed by atoms with Crippen molar-refractivity contribution >= 4 is 7.32 Å². The lowest BCUT2D eigenvalue weighted by Crippen LogP contribution is -2.56. The third kappa shape index (κ3) is 4.31. The molecule has 0 N–H and O–H groups in total. The molecule has 4 aromatic rings. The number of ether oxygens (including phenoxy) is 2. The molecule has 37 heavy (non-hydrogen) atoms. The van der Waals surface area contributed by atoms with E-state index in [2.05, 4.69) is 48.5 Å². The lowest BCUT2D eigenvalue weighted by Gasteiger charge is -2.46. The number of hydrogen-bond donors (Lipinski definition) is 0. The van der Waals surface area contributed by atoms with Crippen molar-refractivity contribution in [3.05, 3.63) is 144 Å². The lowest BCUT2D eigenvalue weighted by molar-refractivity contribution is -0.136. The molecular formula is C31H31BO5. The monoisotopic (exact) mass is 494 g/mol. The van der Waals surface area contributed by atoms with E-state index in [-0.39, 0.29) is 0 Å². The number of rotatable bonds is 9. The highest BCUT2D eigenvalue weighted by atomic mass is 16.8. The second-order valence-corrected chi connectivity index (χ2v) is 8.98. The van der Waals surface area contributed by atoms with Crippen molar-refractivity contribution in [3.8, 4) is 0 Å².